The first-order chi connectivity index (χ1) is 31.3. The maximum absolute atomic E-state index is 2.52. The van der Waals surface area contributed by atoms with Crippen molar-refractivity contribution in [2.45, 2.75) is 15.2 Å². The Morgan fingerprint density at radius 1 is 0.365 bits per heavy atom. The molecule has 63 heavy (non-hydrogen) atoms. The standard InChI is InChI=1S/C59H37N3S/c1-3-18-39(19-4-1)60-51-27-13-11-25-47(51)59(48-26-12-14-28-52(48)60)46-24-10-9-23-44(46)56-49(59)34-36-54-58(56)63-55-30-16-15-29-53(55)61(54)41-32-35-50-45(37-41)43-33-31-38-17-7-8-22-42(38)57(43)62(50)40-20-5-2-6-21-40/h1-37H. The van der Waals surface area contributed by atoms with Crippen molar-refractivity contribution >= 4 is 78.5 Å². The van der Waals surface area contributed by atoms with Crippen LogP contribution in [0.5, 0.6) is 0 Å². The molecule has 1 aromatic heterocycles. The van der Waals surface area contributed by atoms with Gasteiger partial charge in [-0.15, -0.1) is 0 Å². The molecule has 0 atom stereocenters. The van der Waals surface area contributed by atoms with Gasteiger partial charge in [0, 0.05) is 48.6 Å². The van der Waals surface area contributed by atoms with E-state index in [4.69, 9.17) is 0 Å². The predicted octanol–water partition coefficient (Wildman–Crippen LogP) is 16.0. The number of anilines is 6. The number of hydrogen-bond donors (Lipinski definition) is 0. The van der Waals surface area contributed by atoms with Gasteiger partial charge in [0.2, 0.25) is 0 Å². The van der Waals surface area contributed by atoms with Gasteiger partial charge in [0.1, 0.15) is 0 Å². The summed E-state index contributed by atoms with van der Waals surface area (Å²) in [4.78, 5) is 7.50. The fraction of sp³-hybridized carbons (Fsp3) is 0.0169. The maximum atomic E-state index is 2.52. The van der Waals surface area contributed by atoms with Crippen LogP contribution in [0.3, 0.4) is 0 Å². The molecule has 0 radical (unpaired) electrons. The van der Waals surface area contributed by atoms with Gasteiger partial charge in [0.05, 0.1) is 39.2 Å². The Bertz CT molecular complexity index is 3630. The molecule has 2 aliphatic heterocycles. The summed E-state index contributed by atoms with van der Waals surface area (Å²) in [6, 6.07) is 83.2. The Morgan fingerprint density at radius 2 is 0.984 bits per heavy atom. The summed E-state index contributed by atoms with van der Waals surface area (Å²) in [7, 11) is 0. The first kappa shape index (κ1) is 34.9. The average molecular weight is 820 g/mol. The Hall–Kier alpha value is -7.79. The smallest absolute Gasteiger partial charge is 0.0754 e. The fourth-order valence-corrected chi connectivity index (χ4v) is 12.5. The molecule has 1 spiro atoms. The zero-order valence-electron chi connectivity index (χ0n) is 34.1. The molecule has 0 bridgehead atoms. The quantitative estimate of drug-likeness (QED) is 0.176. The van der Waals surface area contributed by atoms with Crippen molar-refractivity contribution in [3.63, 3.8) is 0 Å². The van der Waals surface area contributed by atoms with Crippen molar-refractivity contribution in [2.24, 2.45) is 0 Å². The van der Waals surface area contributed by atoms with Crippen LogP contribution < -0.4 is 9.80 Å². The molecule has 10 aromatic carbocycles. The maximum Gasteiger partial charge on any atom is 0.0754 e. The number of fused-ring (bicyclic) bond motifs is 17. The van der Waals surface area contributed by atoms with Crippen molar-refractivity contribution in [3.05, 3.63) is 247 Å². The molecule has 1 aliphatic carbocycles. The number of hydrogen-bond acceptors (Lipinski definition) is 3. The fourth-order valence-electron chi connectivity index (χ4n) is 11.3. The van der Waals surface area contributed by atoms with Crippen LogP contribution >= 0.6 is 11.8 Å². The third-order valence-corrected chi connectivity index (χ3v) is 14.9. The van der Waals surface area contributed by atoms with E-state index in [1.807, 2.05) is 11.8 Å². The van der Waals surface area contributed by atoms with Gasteiger partial charge in [-0.25, -0.2) is 0 Å². The van der Waals surface area contributed by atoms with Crippen molar-refractivity contribution in [2.75, 3.05) is 9.80 Å². The van der Waals surface area contributed by atoms with E-state index in [0.717, 1.165) is 17.1 Å². The lowest BCUT2D eigenvalue weighted by molar-refractivity contribution is 0.751. The molecular formula is C59H37N3S. The van der Waals surface area contributed by atoms with Gasteiger partial charge in [-0.05, 0) is 106 Å². The molecule has 11 aromatic rings. The number of para-hydroxylation sites is 5. The minimum Gasteiger partial charge on any atom is -0.310 e. The van der Waals surface area contributed by atoms with Crippen LogP contribution in [0.4, 0.5) is 34.1 Å². The highest BCUT2D eigenvalue weighted by atomic mass is 32.2. The number of benzene rings is 10. The number of aromatic nitrogens is 1. The normalized spacial score (nSPS) is 14.0. The highest BCUT2D eigenvalue weighted by molar-refractivity contribution is 8.00. The van der Waals surface area contributed by atoms with E-state index in [1.54, 1.807) is 0 Å². The third-order valence-electron chi connectivity index (χ3n) is 13.7. The second kappa shape index (κ2) is 13.1. The Morgan fingerprint density at radius 3 is 1.76 bits per heavy atom. The lowest BCUT2D eigenvalue weighted by Crippen LogP contribution is -2.36. The van der Waals surface area contributed by atoms with Crippen LogP contribution in [-0.4, -0.2) is 4.57 Å². The second-order valence-electron chi connectivity index (χ2n) is 16.8. The van der Waals surface area contributed by atoms with E-state index in [2.05, 4.69) is 239 Å². The van der Waals surface area contributed by atoms with E-state index in [-0.39, 0.29) is 0 Å². The SMILES string of the molecule is c1ccc(N2c3ccccc3C3(c4ccccc4-c4c3ccc3c4Sc4ccccc4N3c3ccc4c(c3)c3ccc5ccccc5c3n4-c3ccccc3)c3ccccc32)cc1. The van der Waals surface area contributed by atoms with Crippen LogP contribution in [0.25, 0.3) is 49.4 Å². The van der Waals surface area contributed by atoms with Crippen LogP contribution in [0.2, 0.25) is 0 Å². The van der Waals surface area contributed by atoms with E-state index in [0.29, 0.717) is 0 Å². The topological polar surface area (TPSA) is 11.4 Å². The largest absolute Gasteiger partial charge is 0.310 e. The summed E-state index contributed by atoms with van der Waals surface area (Å²) in [6.07, 6.45) is 0. The molecule has 0 saturated carbocycles. The van der Waals surface area contributed by atoms with Crippen LogP contribution in [0.1, 0.15) is 22.3 Å². The van der Waals surface area contributed by atoms with Gasteiger partial charge in [0.15, 0.2) is 0 Å². The summed E-state index contributed by atoms with van der Waals surface area (Å²) in [5.41, 5.74) is 18.0. The van der Waals surface area contributed by atoms with Crippen LogP contribution in [-0.2, 0) is 5.41 Å². The average Bonchev–Trinajstić information content (AvgIpc) is 3.85. The van der Waals surface area contributed by atoms with Crippen molar-refractivity contribution < 1.29 is 0 Å². The molecule has 0 unspecified atom stereocenters. The van der Waals surface area contributed by atoms with Crippen LogP contribution in [0.15, 0.2) is 234 Å². The zero-order valence-corrected chi connectivity index (χ0v) is 34.9. The van der Waals surface area contributed by atoms with E-state index < -0.39 is 5.41 Å². The summed E-state index contributed by atoms with van der Waals surface area (Å²) in [6.45, 7) is 0. The Balaban J connectivity index is 1.03. The van der Waals surface area contributed by atoms with Crippen LogP contribution in [0, 0.1) is 0 Å². The molecule has 0 fully saturated rings. The third kappa shape index (κ3) is 4.65. The van der Waals surface area contributed by atoms with E-state index >= 15 is 0 Å². The van der Waals surface area contributed by atoms with Gasteiger partial charge < -0.3 is 14.4 Å². The molecule has 3 nitrogen and oxygen atoms in total. The molecule has 4 heteroatoms. The van der Waals surface area contributed by atoms with Crippen molar-refractivity contribution in [3.8, 4) is 16.8 Å². The molecule has 294 valence electrons. The summed E-state index contributed by atoms with van der Waals surface area (Å²) in [5.74, 6) is 0. The molecule has 0 saturated heterocycles. The minimum absolute atomic E-state index is 0.525. The Labute approximate surface area is 369 Å². The highest BCUT2D eigenvalue weighted by Gasteiger charge is 2.53. The molecule has 0 N–H and O–H groups in total. The lowest BCUT2D eigenvalue weighted by Gasteiger charge is -2.45. The van der Waals surface area contributed by atoms with Crippen molar-refractivity contribution in [1.82, 2.24) is 4.57 Å². The predicted molar refractivity (Wildman–Crippen MR) is 263 cm³/mol. The van der Waals surface area contributed by atoms with Gasteiger partial charge in [-0.2, -0.15) is 0 Å². The Kier molecular flexibility index (Phi) is 7.26. The van der Waals surface area contributed by atoms with Gasteiger partial charge in [-0.3, -0.25) is 0 Å². The van der Waals surface area contributed by atoms with Gasteiger partial charge in [0.25, 0.3) is 0 Å². The highest BCUT2D eigenvalue weighted by Crippen LogP contribution is 2.67. The molecular weight excluding hydrogens is 783 g/mol. The monoisotopic (exact) mass is 819 g/mol. The first-order valence-electron chi connectivity index (χ1n) is 21.7. The van der Waals surface area contributed by atoms with Crippen molar-refractivity contribution in [1.29, 1.82) is 0 Å². The molecule has 3 aliphatic rings. The second-order valence-corrected chi connectivity index (χ2v) is 17.8. The zero-order chi connectivity index (χ0) is 41.2. The van der Waals surface area contributed by atoms with Gasteiger partial charge >= 0.3 is 0 Å². The summed E-state index contributed by atoms with van der Waals surface area (Å²) >= 11 is 1.91. The van der Waals surface area contributed by atoms with E-state index in [9.17, 15) is 0 Å². The minimum atomic E-state index is -0.525. The molecule has 3 heterocycles. The first-order valence-corrected chi connectivity index (χ1v) is 22.5. The van der Waals surface area contributed by atoms with E-state index in [1.165, 1.54) is 98.5 Å². The van der Waals surface area contributed by atoms with Gasteiger partial charge in [-0.1, -0.05) is 163 Å². The summed E-state index contributed by atoms with van der Waals surface area (Å²) in [5, 5.41) is 4.98. The lowest BCUT2D eigenvalue weighted by atomic mass is 9.64. The number of nitrogens with zero attached hydrogens (tertiary/aromatic N) is 3. The molecule has 0 amide bonds. The summed E-state index contributed by atoms with van der Waals surface area (Å²) < 4.78 is 2.45. The number of rotatable bonds is 3. The molecule has 14 rings (SSSR count).